The number of anilines is 11. The van der Waals surface area contributed by atoms with Crippen LogP contribution in [0.1, 0.15) is 85.7 Å². The molecule has 1 aliphatic heterocycles. The molecule has 658 valence electrons. The normalized spacial score (nSPS) is 10.0. The summed E-state index contributed by atoms with van der Waals surface area (Å²) in [7, 11) is 14.6. The van der Waals surface area contributed by atoms with E-state index in [0.717, 1.165) is 184 Å². The highest BCUT2D eigenvalue weighted by Gasteiger charge is 2.14. The molecule has 11 aromatic rings. The fourth-order valence-electron chi connectivity index (χ4n) is 10.8. The zero-order chi connectivity index (χ0) is 90.8. The number of ether oxygens (including phenoxy) is 12. The summed E-state index contributed by atoms with van der Waals surface area (Å²) in [6.07, 6.45) is 2.52. The van der Waals surface area contributed by atoms with Gasteiger partial charge in [-0.1, -0.05) is 49.4 Å². The molecular weight excluding hydrogens is 1540 g/mol. The van der Waals surface area contributed by atoms with Gasteiger partial charge < -0.3 is 135 Å². The van der Waals surface area contributed by atoms with E-state index < -0.39 is 0 Å². The number of aliphatic hydroxyl groups excluding tert-OH is 3. The van der Waals surface area contributed by atoms with E-state index in [1.807, 2.05) is 203 Å². The first-order valence-corrected chi connectivity index (χ1v) is 38.8. The highest BCUT2D eigenvalue weighted by molar-refractivity contribution is 5.61. The fraction of sp³-hybridized carbons (Fsp3) is 0.305. The van der Waals surface area contributed by atoms with Gasteiger partial charge in [-0.25, -0.2) is 0 Å². The second-order valence-electron chi connectivity index (χ2n) is 27.1. The molecule has 26 nitrogen and oxygen atoms in total. The molecule has 0 aliphatic carbocycles. The molecule has 26 heteroatoms. The quantitative estimate of drug-likeness (QED) is 0.0355. The SMILES string of the molecule is CCCOc1cccc(N)c1C.COc1cc(C)c(C)c(N)c1.COc1cc(C)cc(N)c1.COc1cc(C)cc(N)c1C.COc1cc(N)cc(OC)c1.COc1ccc(C)c(N)c1.COc1ccc(CO)c(N)c1.COc1cccc(N)c1C.COc1cccc(N)c1CCO.Cc1ccc(N)c(C)c1OCCO.Nc1cccc2c1CCO2. The van der Waals surface area contributed by atoms with E-state index in [-0.39, 0.29) is 19.8 Å². The van der Waals surface area contributed by atoms with Gasteiger partial charge in [-0.3, -0.25) is 0 Å². The molecule has 1 heterocycles. The summed E-state index contributed by atoms with van der Waals surface area (Å²) in [5.74, 6) is 9.67. The molecule has 1 aliphatic rings. The first-order valence-electron chi connectivity index (χ1n) is 38.8. The van der Waals surface area contributed by atoms with E-state index in [2.05, 4.69) is 6.92 Å². The average Bonchev–Trinajstić information content (AvgIpc) is 1.49. The minimum atomic E-state index is -0.0319. The summed E-state index contributed by atoms with van der Waals surface area (Å²) in [5, 5.41) is 26.1. The zero-order valence-corrected chi connectivity index (χ0v) is 74.3. The molecule has 12 rings (SSSR count). The third kappa shape index (κ3) is 36.6. The Labute approximate surface area is 716 Å². The number of fused-ring (bicyclic) bond motifs is 1. The highest BCUT2D eigenvalue weighted by Crippen LogP contribution is 2.32. The summed E-state index contributed by atoms with van der Waals surface area (Å²) in [5.41, 5.74) is 83.7. The Kier molecular flexibility index (Phi) is 48.2. The predicted octanol–water partition coefficient (Wildman–Crippen LogP) is 16.2. The van der Waals surface area contributed by atoms with Crippen molar-refractivity contribution in [2.75, 3.05) is 160 Å². The van der Waals surface area contributed by atoms with Crippen LogP contribution in [-0.4, -0.2) is 112 Å². The minimum Gasteiger partial charge on any atom is -0.497 e. The number of methoxy groups -OCH3 is 9. The maximum absolute atomic E-state index is 8.76. The van der Waals surface area contributed by atoms with Gasteiger partial charge in [-0.05, 0) is 206 Å². The zero-order valence-electron chi connectivity index (χ0n) is 74.3. The van der Waals surface area contributed by atoms with E-state index in [4.69, 9.17) is 135 Å². The predicted molar refractivity (Wildman–Crippen MR) is 500 cm³/mol. The topological polar surface area (TPSA) is 458 Å². The van der Waals surface area contributed by atoms with Crippen LogP contribution in [0.15, 0.2) is 182 Å². The average molecular weight is 1670 g/mol. The van der Waals surface area contributed by atoms with Crippen LogP contribution in [0.5, 0.6) is 69.0 Å². The first kappa shape index (κ1) is 104. The lowest BCUT2D eigenvalue weighted by atomic mass is 10.1. The lowest BCUT2D eigenvalue weighted by Crippen LogP contribution is -2.05. The molecular formula is C95H133N11O15. The molecule has 0 fully saturated rings. The summed E-state index contributed by atoms with van der Waals surface area (Å²) in [4.78, 5) is 0. The van der Waals surface area contributed by atoms with Crippen LogP contribution in [0.25, 0.3) is 0 Å². The molecule has 0 spiro atoms. The van der Waals surface area contributed by atoms with Gasteiger partial charge >= 0.3 is 0 Å². The molecule has 0 atom stereocenters. The Morgan fingerprint density at radius 2 is 0.777 bits per heavy atom. The number of benzene rings is 11. The lowest BCUT2D eigenvalue weighted by molar-refractivity contribution is 0.200. The number of hydrogen-bond acceptors (Lipinski definition) is 26. The van der Waals surface area contributed by atoms with E-state index >= 15 is 0 Å². The highest BCUT2D eigenvalue weighted by atomic mass is 16.5. The molecule has 0 saturated carbocycles. The van der Waals surface area contributed by atoms with E-state index in [0.29, 0.717) is 47.3 Å². The van der Waals surface area contributed by atoms with Crippen molar-refractivity contribution >= 4 is 62.6 Å². The van der Waals surface area contributed by atoms with E-state index in [1.54, 1.807) is 113 Å². The number of nitrogens with two attached hydrogens (primary N) is 11. The maximum Gasteiger partial charge on any atom is 0.127 e. The Hall–Kier alpha value is -13.3. The second kappa shape index (κ2) is 56.2. The molecule has 121 heavy (non-hydrogen) atoms. The Morgan fingerprint density at radius 1 is 0.322 bits per heavy atom. The molecule has 0 amide bonds. The summed E-state index contributed by atoms with van der Waals surface area (Å²) < 4.78 is 61.3. The van der Waals surface area contributed by atoms with Crippen molar-refractivity contribution in [2.45, 2.75) is 102 Å². The van der Waals surface area contributed by atoms with E-state index in [9.17, 15) is 0 Å². The largest absolute Gasteiger partial charge is 0.497 e. The van der Waals surface area contributed by atoms with Crippen LogP contribution < -0.4 is 120 Å². The Bertz CT molecular complexity index is 4820. The molecule has 11 aromatic carbocycles. The van der Waals surface area contributed by atoms with Crippen molar-refractivity contribution in [3.05, 3.63) is 254 Å². The van der Waals surface area contributed by atoms with Crippen molar-refractivity contribution < 1.29 is 72.2 Å². The summed E-state index contributed by atoms with van der Waals surface area (Å²) in [6, 6.07) is 55.9. The van der Waals surface area contributed by atoms with Gasteiger partial charge in [-0.15, -0.1) is 0 Å². The van der Waals surface area contributed by atoms with Gasteiger partial charge in [-0.2, -0.15) is 0 Å². The van der Waals surface area contributed by atoms with Crippen LogP contribution in [0, 0.1) is 69.2 Å². The monoisotopic (exact) mass is 1670 g/mol. The van der Waals surface area contributed by atoms with Crippen molar-refractivity contribution in [1.29, 1.82) is 0 Å². The first-order chi connectivity index (χ1) is 57.6. The fourth-order valence-corrected chi connectivity index (χ4v) is 10.8. The molecule has 0 bridgehead atoms. The van der Waals surface area contributed by atoms with Gasteiger partial charge in [0.15, 0.2) is 0 Å². The van der Waals surface area contributed by atoms with Gasteiger partial charge in [0.05, 0.1) is 90.4 Å². The van der Waals surface area contributed by atoms with Gasteiger partial charge in [0.1, 0.15) is 75.6 Å². The summed E-state index contributed by atoms with van der Waals surface area (Å²) >= 11 is 0. The number of rotatable bonds is 18. The second-order valence-corrected chi connectivity index (χ2v) is 27.1. The Balaban J connectivity index is 0.000000451. The van der Waals surface area contributed by atoms with Crippen LogP contribution in [0.2, 0.25) is 0 Å². The van der Waals surface area contributed by atoms with Gasteiger partial charge in [0.2, 0.25) is 0 Å². The van der Waals surface area contributed by atoms with Crippen LogP contribution in [0.3, 0.4) is 0 Å². The van der Waals surface area contributed by atoms with Crippen LogP contribution in [0.4, 0.5) is 62.6 Å². The number of aryl methyl sites for hydroxylation is 5. The Morgan fingerprint density at radius 3 is 1.27 bits per heavy atom. The van der Waals surface area contributed by atoms with Gasteiger partial charge in [0, 0.05) is 163 Å². The number of aliphatic hydroxyl groups is 3. The molecule has 0 radical (unpaired) electrons. The number of nitrogen functional groups attached to an aromatic ring is 11. The third-order valence-corrected chi connectivity index (χ3v) is 18.2. The summed E-state index contributed by atoms with van der Waals surface area (Å²) in [6.45, 7) is 23.7. The van der Waals surface area contributed by atoms with E-state index in [1.165, 1.54) is 11.1 Å². The maximum atomic E-state index is 8.76. The van der Waals surface area contributed by atoms with Crippen LogP contribution in [-0.2, 0) is 19.4 Å². The molecule has 0 aromatic heterocycles. The van der Waals surface area contributed by atoms with Crippen molar-refractivity contribution in [2.24, 2.45) is 0 Å². The van der Waals surface area contributed by atoms with Crippen molar-refractivity contribution in [3.63, 3.8) is 0 Å². The van der Waals surface area contributed by atoms with Crippen LogP contribution >= 0.6 is 0 Å². The third-order valence-electron chi connectivity index (χ3n) is 18.2. The van der Waals surface area contributed by atoms with Crippen molar-refractivity contribution in [1.82, 2.24) is 0 Å². The minimum absolute atomic E-state index is 0.0215. The standard InChI is InChI=1S/C10H15NO2.C10H15NO.C9H13NO2.2C9H13NO.2C8H11NO2.C8H9NO.3C8H11NO/c1-7-3-4-9(11)8(2)10(7)13-6-5-12;1-3-7-12-10-6-4-5-9(11)8(10)2;1-12-9-4-2-3-8(10)7(9)5-6-11;1-6-4-8(11-3)5-9(10)7(6)2;1-6-4-8(10)7(2)9(5-6)11-3;1-10-7-3-6(9)4-8(5-7)11-2;1-11-7-3-2-6(5-10)8(9)4-7;9-7-2-1-3-8-6(7)4-5-10-8;1-6-3-7(9)5-8(4-6)10-2;1-6-3-4-7(10-2)5-8(6)9;1-6-7(9)4-3-5-8(6)10-2/h3-4,12H,5-6,11H2,1-2H3;4-6H,3,7,11H2,1-2H3;2-4,11H,5-6,10H2,1H3;2*4-5H,10H2,1-3H3;3-5H,9H2,1-2H3;2-4,10H,5,9H2,1H3;1-3H,4-5,9H2;3*3-5H,9H2,1-2H3. The van der Waals surface area contributed by atoms with Gasteiger partial charge in [0.25, 0.3) is 0 Å². The van der Waals surface area contributed by atoms with Crippen molar-refractivity contribution in [3.8, 4) is 69.0 Å². The molecule has 0 unspecified atom stereocenters. The number of hydrogen-bond donors (Lipinski definition) is 14. The lowest BCUT2D eigenvalue weighted by Gasteiger charge is -2.12. The smallest absolute Gasteiger partial charge is 0.127 e. The molecule has 25 N–H and O–H groups in total. The molecule has 0 saturated heterocycles.